The number of carbonyl (C=O) groups is 4. The molecule has 0 atom stereocenters. The maximum atomic E-state index is 12.5. The van der Waals surface area contributed by atoms with Gasteiger partial charge >= 0.3 is 11.9 Å². The van der Waals surface area contributed by atoms with Crippen LogP contribution in [0.2, 0.25) is 0 Å². The number of imide groups is 1. The largest absolute Gasteiger partial charge is 0.481 e. The predicted molar refractivity (Wildman–Crippen MR) is 86.0 cm³/mol. The van der Waals surface area contributed by atoms with E-state index in [4.69, 9.17) is 5.11 Å². The van der Waals surface area contributed by atoms with Crippen LogP contribution < -0.4 is 0 Å². The Kier molecular flexibility index (Phi) is 8.15. The van der Waals surface area contributed by atoms with Crippen molar-refractivity contribution in [2.24, 2.45) is 0 Å². The third-order valence-electron chi connectivity index (χ3n) is 3.97. The molecule has 1 aliphatic rings. The Labute approximate surface area is 141 Å². The molecule has 0 saturated carbocycles. The van der Waals surface area contributed by atoms with Crippen molar-refractivity contribution < 1.29 is 29.0 Å². The average Bonchev–Trinajstić information content (AvgIpc) is 2.75. The number of hydrogen-bond donors (Lipinski definition) is 1. The Balaban J connectivity index is 2.83. The molecule has 0 aliphatic carbocycles. The molecule has 1 rings (SSSR count). The summed E-state index contributed by atoms with van der Waals surface area (Å²) < 4.78 is 4.60. The normalized spacial score (nSPS) is 14.5. The van der Waals surface area contributed by atoms with Gasteiger partial charge in [-0.25, -0.2) is 0 Å². The minimum Gasteiger partial charge on any atom is -0.481 e. The van der Waals surface area contributed by atoms with Crippen LogP contribution >= 0.6 is 0 Å². The van der Waals surface area contributed by atoms with Gasteiger partial charge in [0.2, 0.25) is 0 Å². The molecule has 0 saturated heterocycles. The zero-order valence-corrected chi connectivity index (χ0v) is 14.3. The van der Waals surface area contributed by atoms with Gasteiger partial charge < -0.3 is 9.84 Å². The number of nitrogens with zero attached hydrogens (tertiary/aromatic N) is 1. The molecule has 0 aromatic rings. The molecule has 0 radical (unpaired) electrons. The molecule has 7 nitrogen and oxygen atoms in total. The van der Waals surface area contributed by atoms with E-state index in [-0.39, 0.29) is 31.4 Å². The van der Waals surface area contributed by atoms with Crippen LogP contribution in [-0.2, 0) is 23.9 Å². The lowest BCUT2D eigenvalue weighted by molar-refractivity contribution is -0.142. The van der Waals surface area contributed by atoms with Gasteiger partial charge in [-0.1, -0.05) is 26.2 Å². The van der Waals surface area contributed by atoms with Gasteiger partial charge in [0, 0.05) is 24.1 Å². The molecule has 1 N–H and O–H groups in total. The Hall–Kier alpha value is -2.18. The minimum absolute atomic E-state index is 0.0487. The van der Waals surface area contributed by atoms with E-state index in [9.17, 15) is 19.2 Å². The van der Waals surface area contributed by atoms with Gasteiger partial charge in [0.1, 0.15) is 0 Å². The van der Waals surface area contributed by atoms with Crippen molar-refractivity contribution in [3.8, 4) is 0 Å². The van der Waals surface area contributed by atoms with Crippen LogP contribution in [0.4, 0.5) is 0 Å². The van der Waals surface area contributed by atoms with Gasteiger partial charge in [-0.3, -0.25) is 24.1 Å². The van der Waals surface area contributed by atoms with Crippen LogP contribution in [0.25, 0.3) is 0 Å². The maximum absolute atomic E-state index is 12.5. The van der Waals surface area contributed by atoms with Crippen molar-refractivity contribution >= 4 is 23.8 Å². The van der Waals surface area contributed by atoms with Crippen molar-refractivity contribution in [1.29, 1.82) is 0 Å². The van der Waals surface area contributed by atoms with Gasteiger partial charge in [0.25, 0.3) is 11.8 Å². The molecule has 0 unspecified atom stereocenters. The summed E-state index contributed by atoms with van der Waals surface area (Å²) in [4.78, 5) is 48.1. The first kappa shape index (κ1) is 19.9. The van der Waals surface area contributed by atoms with Crippen LogP contribution in [0.5, 0.6) is 0 Å². The smallest absolute Gasteiger partial charge is 0.310 e. The Morgan fingerprint density at radius 3 is 2.29 bits per heavy atom. The van der Waals surface area contributed by atoms with Crippen molar-refractivity contribution in [2.45, 2.75) is 58.3 Å². The van der Waals surface area contributed by atoms with E-state index in [1.54, 1.807) is 0 Å². The summed E-state index contributed by atoms with van der Waals surface area (Å²) in [6, 6.07) is 0. The topological polar surface area (TPSA) is 101 Å². The number of rotatable bonds is 11. The van der Waals surface area contributed by atoms with Gasteiger partial charge in [0.15, 0.2) is 0 Å². The van der Waals surface area contributed by atoms with E-state index in [1.807, 2.05) is 0 Å². The average molecular weight is 339 g/mol. The minimum atomic E-state index is -0.975. The molecule has 0 fully saturated rings. The zero-order valence-electron chi connectivity index (χ0n) is 14.3. The van der Waals surface area contributed by atoms with Crippen LogP contribution in [0.1, 0.15) is 58.3 Å². The molecule has 0 spiro atoms. The first-order chi connectivity index (χ1) is 11.4. The summed E-state index contributed by atoms with van der Waals surface area (Å²) in [5.41, 5.74) is 0.565. The molecule has 7 heteroatoms. The van der Waals surface area contributed by atoms with Crippen molar-refractivity contribution in [3.05, 3.63) is 11.1 Å². The van der Waals surface area contributed by atoms with Crippen molar-refractivity contribution in [1.82, 2.24) is 4.90 Å². The highest BCUT2D eigenvalue weighted by Crippen LogP contribution is 2.28. The SMILES string of the molecule is CCCCCCC1=C(CC(=O)OC)C(=O)N(CCCC(=O)O)C1=O. The molecule has 2 amide bonds. The van der Waals surface area contributed by atoms with E-state index >= 15 is 0 Å². The second kappa shape index (κ2) is 9.85. The van der Waals surface area contributed by atoms with Crippen LogP contribution in [0.15, 0.2) is 11.1 Å². The number of carboxylic acid groups (broad SMARTS) is 1. The Bertz CT molecular complexity index is 537. The van der Waals surface area contributed by atoms with Crippen LogP contribution in [0, 0.1) is 0 Å². The molecule has 24 heavy (non-hydrogen) atoms. The Morgan fingerprint density at radius 1 is 1.04 bits per heavy atom. The van der Waals surface area contributed by atoms with Gasteiger partial charge in [0.05, 0.1) is 13.5 Å². The molecule has 1 aliphatic heterocycles. The lowest BCUT2D eigenvalue weighted by Gasteiger charge is -2.14. The third-order valence-corrected chi connectivity index (χ3v) is 3.97. The van der Waals surface area contributed by atoms with E-state index in [0.29, 0.717) is 12.0 Å². The van der Waals surface area contributed by atoms with Crippen LogP contribution in [0.3, 0.4) is 0 Å². The van der Waals surface area contributed by atoms with Gasteiger partial charge in [-0.05, 0) is 19.3 Å². The second-order valence-corrected chi connectivity index (χ2v) is 5.78. The summed E-state index contributed by atoms with van der Waals surface area (Å²) in [5, 5.41) is 8.68. The fraction of sp³-hybridized carbons (Fsp3) is 0.647. The number of methoxy groups -OCH3 is 1. The highest BCUT2D eigenvalue weighted by atomic mass is 16.5. The fourth-order valence-corrected chi connectivity index (χ4v) is 2.65. The lowest BCUT2D eigenvalue weighted by Crippen LogP contribution is -2.33. The number of carboxylic acids is 1. The molecular weight excluding hydrogens is 314 g/mol. The quantitative estimate of drug-likeness (QED) is 0.351. The number of unbranched alkanes of at least 4 members (excludes halogenated alkanes) is 3. The first-order valence-corrected chi connectivity index (χ1v) is 8.29. The molecular formula is C17H25NO6. The molecule has 1 heterocycles. The number of carbonyl (C=O) groups excluding carboxylic acids is 3. The summed E-state index contributed by atoms with van der Waals surface area (Å²) in [7, 11) is 1.23. The molecule has 0 bridgehead atoms. The van der Waals surface area contributed by atoms with E-state index < -0.39 is 23.8 Å². The van der Waals surface area contributed by atoms with Gasteiger partial charge in [-0.2, -0.15) is 0 Å². The highest BCUT2D eigenvalue weighted by molar-refractivity contribution is 6.20. The highest BCUT2D eigenvalue weighted by Gasteiger charge is 2.38. The maximum Gasteiger partial charge on any atom is 0.310 e. The lowest BCUT2D eigenvalue weighted by atomic mass is 10.0. The van der Waals surface area contributed by atoms with Crippen molar-refractivity contribution in [2.75, 3.05) is 13.7 Å². The summed E-state index contributed by atoms with van der Waals surface area (Å²) in [6.07, 6.45) is 4.14. The number of aliphatic carboxylic acids is 1. The van der Waals surface area contributed by atoms with Gasteiger partial charge in [-0.15, -0.1) is 0 Å². The predicted octanol–water partition coefficient (Wildman–Crippen LogP) is 2.05. The summed E-state index contributed by atoms with van der Waals surface area (Å²) >= 11 is 0. The summed E-state index contributed by atoms with van der Waals surface area (Å²) in [5.74, 6) is -2.44. The number of esters is 1. The number of ether oxygens (including phenoxy) is 1. The number of hydrogen-bond acceptors (Lipinski definition) is 5. The van der Waals surface area contributed by atoms with Crippen molar-refractivity contribution in [3.63, 3.8) is 0 Å². The third kappa shape index (κ3) is 5.47. The molecule has 134 valence electrons. The zero-order chi connectivity index (χ0) is 18.1. The van der Waals surface area contributed by atoms with E-state index in [0.717, 1.165) is 30.6 Å². The first-order valence-electron chi connectivity index (χ1n) is 8.29. The fourth-order valence-electron chi connectivity index (χ4n) is 2.65. The molecule has 0 aromatic carbocycles. The Morgan fingerprint density at radius 2 is 1.71 bits per heavy atom. The number of amides is 2. The second-order valence-electron chi connectivity index (χ2n) is 5.78. The standard InChI is InChI=1S/C17H25NO6/c1-3-4-5-6-8-12-13(11-15(21)24-2)17(23)18(16(12)22)10-7-9-14(19)20/h3-11H2,1-2H3,(H,19,20). The monoisotopic (exact) mass is 339 g/mol. The van der Waals surface area contributed by atoms with E-state index in [1.165, 1.54) is 7.11 Å². The summed E-state index contributed by atoms with van der Waals surface area (Å²) in [6.45, 7) is 2.13. The van der Waals surface area contributed by atoms with Crippen LogP contribution in [-0.4, -0.2) is 47.4 Å². The van der Waals surface area contributed by atoms with E-state index in [2.05, 4.69) is 11.7 Å². The molecule has 0 aromatic heterocycles.